The summed E-state index contributed by atoms with van der Waals surface area (Å²) in [4.78, 5) is 25.9. The molecule has 6 heteroatoms. The van der Waals surface area contributed by atoms with Gasteiger partial charge in [0.15, 0.2) is 0 Å². The van der Waals surface area contributed by atoms with E-state index in [1.54, 1.807) is 4.90 Å². The van der Waals surface area contributed by atoms with E-state index in [9.17, 15) is 9.59 Å². The predicted octanol–water partition coefficient (Wildman–Crippen LogP) is 3.14. The molecule has 3 atom stereocenters. The Morgan fingerprint density at radius 1 is 1.19 bits per heavy atom. The van der Waals surface area contributed by atoms with Crippen LogP contribution in [0.1, 0.15) is 39.2 Å². The Balaban J connectivity index is 1.40. The molecule has 142 valence electrons. The van der Waals surface area contributed by atoms with Crippen LogP contribution in [0.2, 0.25) is 0 Å². The minimum atomic E-state index is -0.499. The molecule has 2 aliphatic rings. The van der Waals surface area contributed by atoms with Crippen LogP contribution in [0.4, 0.5) is 4.79 Å². The summed E-state index contributed by atoms with van der Waals surface area (Å²) in [6.45, 7) is 7.00. The van der Waals surface area contributed by atoms with Crippen molar-refractivity contribution in [2.45, 2.75) is 58.0 Å². The molecule has 3 rings (SSSR count). The van der Waals surface area contributed by atoms with E-state index in [1.807, 2.05) is 51.1 Å². The molecule has 2 saturated heterocycles. The van der Waals surface area contributed by atoms with Crippen molar-refractivity contribution in [1.82, 2.24) is 4.90 Å². The third kappa shape index (κ3) is 4.97. The van der Waals surface area contributed by atoms with E-state index in [2.05, 4.69) is 0 Å². The van der Waals surface area contributed by atoms with Crippen LogP contribution >= 0.6 is 0 Å². The van der Waals surface area contributed by atoms with Gasteiger partial charge < -0.3 is 19.1 Å². The lowest BCUT2D eigenvalue weighted by atomic mass is 10.0. The molecule has 0 radical (unpaired) electrons. The smallest absolute Gasteiger partial charge is 0.410 e. The second-order valence-corrected chi connectivity index (χ2v) is 8.03. The van der Waals surface area contributed by atoms with E-state index < -0.39 is 5.60 Å². The van der Waals surface area contributed by atoms with Gasteiger partial charge in [-0.2, -0.15) is 0 Å². The van der Waals surface area contributed by atoms with Crippen molar-refractivity contribution >= 4 is 12.1 Å². The zero-order valence-electron chi connectivity index (χ0n) is 15.6. The van der Waals surface area contributed by atoms with Gasteiger partial charge >= 0.3 is 12.1 Å². The van der Waals surface area contributed by atoms with Gasteiger partial charge in [-0.1, -0.05) is 30.3 Å². The summed E-state index contributed by atoms with van der Waals surface area (Å²) in [5.41, 5.74) is 0.471. The summed E-state index contributed by atoms with van der Waals surface area (Å²) in [7, 11) is 0. The zero-order valence-corrected chi connectivity index (χ0v) is 15.6. The fourth-order valence-electron chi connectivity index (χ4n) is 3.45. The maximum atomic E-state index is 12.1. The van der Waals surface area contributed by atoms with Crippen LogP contribution in [0.5, 0.6) is 0 Å². The first-order valence-corrected chi connectivity index (χ1v) is 9.13. The molecule has 0 spiro atoms. The van der Waals surface area contributed by atoms with Crippen LogP contribution in [0, 0.1) is 5.92 Å². The van der Waals surface area contributed by atoms with Gasteiger partial charge in [0, 0.05) is 12.5 Å². The first-order chi connectivity index (χ1) is 12.3. The van der Waals surface area contributed by atoms with E-state index >= 15 is 0 Å². The van der Waals surface area contributed by atoms with Gasteiger partial charge in [-0.3, -0.25) is 4.79 Å². The van der Waals surface area contributed by atoms with Crippen LogP contribution in [0.3, 0.4) is 0 Å². The minimum Gasteiger partial charge on any atom is -0.461 e. The highest BCUT2D eigenvalue weighted by atomic mass is 16.6. The molecule has 0 aliphatic carbocycles. The Kier molecular flexibility index (Phi) is 5.51. The van der Waals surface area contributed by atoms with E-state index in [1.165, 1.54) is 0 Å². The molecule has 2 fully saturated rings. The van der Waals surface area contributed by atoms with Gasteiger partial charge in [-0.15, -0.1) is 0 Å². The first kappa shape index (κ1) is 18.7. The molecule has 1 aromatic rings. The Labute approximate surface area is 154 Å². The Morgan fingerprint density at radius 2 is 1.92 bits per heavy atom. The molecule has 2 aliphatic heterocycles. The highest BCUT2D eigenvalue weighted by Crippen LogP contribution is 2.35. The Hall–Kier alpha value is -2.08. The number of ether oxygens (including phenoxy) is 3. The van der Waals surface area contributed by atoms with Gasteiger partial charge in [0.1, 0.15) is 12.2 Å². The third-order valence-electron chi connectivity index (χ3n) is 4.60. The number of hydrogen-bond acceptors (Lipinski definition) is 5. The molecule has 0 N–H and O–H groups in total. The topological polar surface area (TPSA) is 65.1 Å². The lowest BCUT2D eigenvalue weighted by Crippen LogP contribution is -2.36. The number of benzene rings is 1. The predicted molar refractivity (Wildman–Crippen MR) is 95.4 cm³/mol. The Bertz CT molecular complexity index is 625. The van der Waals surface area contributed by atoms with E-state index in [-0.39, 0.29) is 43.2 Å². The summed E-state index contributed by atoms with van der Waals surface area (Å²) in [5.74, 6) is 0.0114. The van der Waals surface area contributed by atoms with Crippen LogP contribution in [0.25, 0.3) is 0 Å². The molecular weight excluding hydrogens is 334 g/mol. The van der Waals surface area contributed by atoms with Crippen LogP contribution in [0.15, 0.2) is 30.3 Å². The van der Waals surface area contributed by atoms with Crippen LogP contribution in [-0.4, -0.2) is 47.9 Å². The highest BCUT2D eigenvalue weighted by molar-refractivity contribution is 5.70. The van der Waals surface area contributed by atoms with Gasteiger partial charge in [0.25, 0.3) is 0 Å². The molecule has 2 heterocycles. The van der Waals surface area contributed by atoms with Crippen molar-refractivity contribution in [1.29, 1.82) is 0 Å². The maximum absolute atomic E-state index is 12.1. The van der Waals surface area contributed by atoms with Crippen LogP contribution < -0.4 is 0 Å². The minimum absolute atomic E-state index is 0.0190. The third-order valence-corrected chi connectivity index (χ3v) is 4.60. The van der Waals surface area contributed by atoms with Crippen molar-refractivity contribution in [3.05, 3.63) is 35.9 Å². The summed E-state index contributed by atoms with van der Waals surface area (Å²) in [6, 6.07) is 9.61. The van der Waals surface area contributed by atoms with Gasteiger partial charge in [0.05, 0.1) is 25.2 Å². The molecule has 0 saturated carbocycles. The van der Waals surface area contributed by atoms with Gasteiger partial charge in [-0.25, -0.2) is 4.79 Å². The average molecular weight is 361 g/mol. The molecule has 1 unspecified atom stereocenters. The van der Waals surface area contributed by atoms with E-state index in [0.717, 1.165) is 12.0 Å². The van der Waals surface area contributed by atoms with Crippen LogP contribution in [-0.2, 0) is 25.6 Å². The normalized spacial score (nSPS) is 25.0. The fraction of sp³-hybridized carbons (Fsp3) is 0.600. The number of fused-ring (bicyclic) bond motifs is 1. The lowest BCUT2D eigenvalue weighted by molar-refractivity contribution is -0.148. The molecule has 1 amide bonds. The summed E-state index contributed by atoms with van der Waals surface area (Å²) in [5, 5.41) is 0. The van der Waals surface area contributed by atoms with Crippen molar-refractivity contribution in [2.75, 3.05) is 13.1 Å². The summed E-state index contributed by atoms with van der Waals surface area (Å²) in [6.07, 6.45) is 0.578. The van der Waals surface area contributed by atoms with Crippen molar-refractivity contribution < 1.29 is 23.8 Å². The van der Waals surface area contributed by atoms with Crippen molar-refractivity contribution in [3.63, 3.8) is 0 Å². The first-order valence-electron chi connectivity index (χ1n) is 9.13. The van der Waals surface area contributed by atoms with E-state index in [0.29, 0.717) is 13.1 Å². The number of hydrogen-bond donors (Lipinski definition) is 0. The van der Waals surface area contributed by atoms with Crippen molar-refractivity contribution in [2.24, 2.45) is 5.92 Å². The molecule has 0 bridgehead atoms. The highest BCUT2D eigenvalue weighted by Gasteiger charge is 2.44. The average Bonchev–Trinajstić information content (AvgIpc) is 3.11. The van der Waals surface area contributed by atoms with Gasteiger partial charge in [-0.05, 0) is 32.8 Å². The summed E-state index contributed by atoms with van der Waals surface area (Å²) >= 11 is 0. The molecule has 1 aromatic carbocycles. The second kappa shape index (κ2) is 7.66. The van der Waals surface area contributed by atoms with Gasteiger partial charge in [0.2, 0.25) is 0 Å². The number of amides is 1. The zero-order chi connectivity index (χ0) is 18.7. The molecule has 26 heavy (non-hydrogen) atoms. The number of nitrogens with zero attached hydrogens (tertiary/aromatic N) is 1. The quantitative estimate of drug-likeness (QED) is 0.771. The Morgan fingerprint density at radius 3 is 2.58 bits per heavy atom. The number of rotatable bonds is 4. The molecule has 6 nitrogen and oxygen atoms in total. The number of likely N-dealkylation sites (tertiary alicyclic amines) is 1. The fourth-order valence-corrected chi connectivity index (χ4v) is 3.45. The number of carbonyl (C=O) groups excluding carboxylic acids is 2. The summed E-state index contributed by atoms with van der Waals surface area (Å²) < 4.78 is 16.7. The number of carbonyl (C=O) groups is 2. The standard InChI is InChI=1S/C20H27NO5/c1-20(2,3)26-19(23)21-11-15-9-16(25-17(15)12-21)10-18(22)24-13-14-7-5-4-6-8-14/h4-8,15-17H,9-13H2,1-3H3/t15-,16?,17+/m1/s1. The molecule has 0 aromatic heterocycles. The van der Waals surface area contributed by atoms with E-state index in [4.69, 9.17) is 14.2 Å². The SMILES string of the molecule is CC(C)(C)OC(=O)N1C[C@H]2CC(CC(=O)OCc3ccccc3)O[C@H]2C1. The largest absolute Gasteiger partial charge is 0.461 e. The second-order valence-electron chi connectivity index (χ2n) is 8.03. The molecular formula is C20H27NO5. The lowest BCUT2D eigenvalue weighted by Gasteiger charge is -2.25. The maximum Gasteiger partial charge on any atom is 0.410 e. The number of esters is 1. The monoisotopic (exact) mass is 361 g/mol. The van der Waals surface area contributed by atoms with Crippen molar-refractivity contribution in [3.8, 4) is 0 Å².